The molecule has 3 rings (SSSR count). The molecule has 2 saturated carbocycles. The minimum Gasteiger partial charge on any atom is -0.461 e. The summed E-state index contributed by atoms with van der Waals surface area (Å²) in [4.78, 5) is 30.6. The third kappa shape index (κ3) is 3.81. The molecule has 0 aromatic carbocycles. The van der Waals surface area contributed by atoms with Gasteiger partial charge in [-0.15, -0.1) is 0 Å². The van der Waals surface area contributed by atoms with E-state index < -0.39 is 0 Å². The van der Waals surface area contributed by atoms with Crippen molar-refractivity contribution in [2.45, 2.75) is 84.7 Å². The third-order valence-corrected chi connectivity index (χ3v) is 6.15. The molecular weight excluding hydrogens is 328 g/mol. The average molecular weight is 360 g/mol. The SMILES string of the molecule is CCOC(=O)c1[nH]c(C)c(CN(C(=O)C2CCC2)C2CCCCC2)c1C. The fourth-order valence-electron chi connectivity index (χ4n) is 4.27. The topological polar surface area (TPSA) is 62.4 Å². The van der Waals surface area contributed by atoms with Crippen LogP contribution in [0.15, 0.2) is 0 Å². The first kappa shape index (κ1) is 19.0. The Balaban J connectivity index is 1.84. The molecule has 26 heavy (non-hydrogen) atoms. The number of H-pyrrole nitrogens is 1. The Hall–Kier alpha value is -1.78. The first-order chi connectivity index (χ1) is 12.5. The van der Waals surface area contributed by atoms with Crippen molar-refractivity contribution in [1.29, 1.82) is 0 Å². The Kier molecular flexibility index (Phi) is 6.05. The van der Waals surface area contributed by atoms with Gasteiger partial charge < -0.3 is 14.6 Å². The lowest BCUT2D eigenvalue weighted by Crippen LogP contribution is -2.45. The van der Waals surface area contributed by atoms with E-state index in [4.69, 9.17) is 4.74 Å². The number of hydrogen-bond acceptors (Lipinski definition) is 3. The van der Waals surface area contributed by atoms with Crippen LogP contribution in [0.25, 0.3) is 0 Å². The second kappa shape index (κ2) is 8.28. The van der Waals surface area contributed by atoms with Crippen LogP contribution in [0, 0.1) is 19.8 Å². The van der Waals surface area contributed by atoms with E-state index in [1.807, 2.05) is 20.8 Å². The Morgan fingerprint density at radius 1 is 1.08 bits per heavy atom. The van der Waals surface area contributed by atoms with Crippen LogP contribution in [-0.4, -0.2) is 34.4 Å². The summed E-state index contributed by atoms with van der Waals surface area (Å²) in [7, 11) is 0. The predicted octanol–water partition coefficient (Wildman–Crippen LogP) is 4.27. The number of aromatic nitrogens is 1. The lowest BCUT2D eigenvalue weighted by Gasteiger charge is -2.39. The summed E-state index contributed by atoms with van der Waals surface area (Å²) in [5.41, 5.74) is 3.49. The molecule has 5 nitrogen and oxygen atoms in total. The van der Waals surface area contributed by atoms with Crippen LogP contribution >= 0.6 is 0 Å². The van der Waals surface area contributed by atoms with Crippen LogP contribution in [0.3, 0.4) is 0 Å². The molecule has 0 unspecified atom stereocenters. The normalized spacial score (nSPS) is 18.4. The predicted molar refractivity (Wildman–Crippen MR) is 101 cm³/mol. The maximum absolute atomic E-state index is 13.1. The first-order valence-electron chi connectivity index (χ1n) is 10.2. The number of carbonyl (C=O) groups excluding carboxylic acids is 2. The van der Waals surface area contributed by atoms with E-state index in [0.29, 0.717) is 30.8 Å². The second-order valence-electron chi connectivity index (χ2n) is 7.83. The summed E-state index contributed by atoms with van der Waals surface area (Å²) in [6.07, 6.45) is 9.12. The van der Waals surface area contributed by atoms with Gasteiger partial charge in [-0.05, 0) is 57.6 Å². The van der Waals surface area contributed by atoms with E-state index in [1.54, 1.807) is 0 Å². The Morgan fingerprint density at radius 3 is 2.35 bits per heavy atom. The highest BCUT2D eigenvalue weighted by atomic mass is 16.5. The van der Waals surface area contributed by atoms with Crippen molar-refractivity contribution in [1.82, 2.24) is 9.88 Å². The number of rotatable bonds is 6. The van der Waals surface area contributed by atoms with E-state index in [-0.39, 0.29) is 11.9 Å². The van der Waals surface area contributed by atoms with Gasteiger partial charge in [-0.1, -0.05) is 25.7 Å². The summed E-state index contributed by atoms with van der Waals surface area (Å²) in [5, 5.41) is 0. The van der Waals surface area contributed by atoms with Gasteiger partial charge in [0.2, 0.25) is 5.91 Å². The van der Waals surface area contributed by atoms with Gasteiger partial charge in [0.05, 0.1) is 6.61 Å². The maximum Gasteiger partial charge on any atom is 0.355 e. The Morgan fingerprint density at radius 2 is 1.77 bits per heavy atom. The van der Waals surface area contributed by atoms with Crippen molar-refractivity contribution < 1.29 is 14.3 Å². The van der Waals surface area contributed by atoms with Crippen molar-refractivity contribution in [3.63, 3.8) is 0 Å². The molecule has 2 aliphatic carbocycles. The van der Waals surface area contributed by atoms with E-state index in [2.05, 4.69) is 9.88 Å². The number of esters is 1. The average Bonchev–Trinajstić information content (AvgIpc) is 2.86. The highest BCUT2D eigenvalue weighted by molar-refractivity contribution is 5.90. The summed E-state index contributed by atoms with van der Waals surface area (Å²) in [6, 6.07) is 0.344. The molecule has 2 aliphatic rings. The van der Waals surface area contributed by atoms with Crippen molar-refractivity contribution in [2.24, 2.45) is 5.92 Å². The molecule has 1 aromatic heterocycles. The van der Waals surface area contributed by atoms with Gasteiger partial charge in [0, 0.05) is 24.2 Å². The molecule has 2 fully saturated rings. The Labute approximate surface area is 156 Å². The van der Waals surface area contributed by atoms with Crippen LogP contribution in [0.1, 0.15) is 85.6 Å². The fourth-order valence-corrected chi connectivity index (χ4v) is 4.27. The molecule has 1 amide bonds. The molecule has 5 heteroatoms. The first-order valence-corrected chi connectivity index (χ1v) is 10.2. The highest BCUT2D eigenvalue weighted by Gasteiger charge is 2.34. The quantitative estimate of drug-likeness (QED) is 0.771. The number of nitrogens with one attached hydrogen (secondary N) is 1. The van der Waals surface area contributed by atoms with Gasteiger partial charge in [0.15, 0.2) is 0 Å². The van der Waals surface area contributed by atoms with Gasteiger partial charge in [-0.3, -0.25) is 4.79 Å². The number of amides is 1. The summed E-state index contributed by atoms with van der Waals surface area (Å²) in [6.45, 7) is 6.72. The molecule has 0 saturated heterocycles. The monoisotopic (exact) mass is 360 g/mol. The molecule has 0 aliphatic heterocycles. The van der Waals surface area contributed by atoms with Crippen LogP contribution in [0.2, 0.25) is 0 Å². The number of ether oxygens (including phenoxy) is 1. The van der Waals surface area contributed by atoms with E-state index >= 15 is 0 Å². The van der Waals surface area contributed by atoms with E-state index in [1.165, 1.54) is 25.7 Å². The maximum atomic E-state index is 13.1. The van der Waals surface area contributed by atoms with Crippen LogP contribution in [0.5, 0.6) is 0 Å². The standard InChI is InChI=1S/C21H32N2O3/c1-4-26-21(25)19-14(2)18(15(3)22-19)13-23(17-11-6-5-7-12-17)20(24)16-9-8-10-16/h16-17,22H,4-13H2,1-3H3. The van der Waals surface area contributed by atoms with Gasteiger partial charge in [0.25, 0.3) is 0 Å². The summed E-state index contributed by atoms with van der Waals surface area (Å²) < 4.78 is 5.16. The fraction of sp³-hybridized carbons (Fsp3) is 0.714. The van der Waals surface area contributed by atoms with Gasteiger partial charge >= 0.3 is 5.97 Å². The minimum absolute atomic E-state index is 0.209. The van der Waals surface area contributed by atoms with E-state index in [9.17, 15) is 9.59 Å². The second-order valence-corrected chi connectivity index (χ2v) is 7.83. The van der Waals surface area contributed by atoms with Crippen molar-refractivity contribution in [2.75, 3.05) is 6.61 Å². The van der Waals surface area contributed by atoms with Crippen molar-refractivity contribution in [3.05, 3.63) is 22.5 Å². The van der Waals surface area contributed by atoms with Crippen LogP contribution < -0.4 is 0 Å². The molecule has 0 bridgehead atoms. The zero-order valence-corrected chi connectivity index (χ0v) is 16.4. The molecule has 144 valence electrons. The molecule has 1 N–H and O–H groups in total. The molecule has 0 radical (unpaired) electrons. The molecule has 1 aromatic rings. The summed E-state index contributed by atoms with van der Waals surface area (Å²) in [5.74, 6) is 0.218. The molecule has 1 heterocycles. The molecular formula is C21H32N2O3. The van der Waals surface area contributed by atoms with Gasteiger partial charge in [0.1, 0.15) is 5.69 Å². The van der Waals surface area contributed by atoms with Crippen LogP contribution in [0.4, 0.5) is 0 Å². The van der Waals surface area contributed by atoms with Crippen molar-refractivity contribution >= 4 is 11.9 Å². The lowest BCUT2D eigenvalue weighted by molar-refractivity contribution is -0.142. The van der Waals surface area contributed by atoms with Crippen molar-refractivity contribution in [3.8, 4) is 0 Å². The number of hydrogen-bond donors (Lipinski definition) is 1. The van der Waals surface area contributed by atoms with E-state index in [0.717, 1.165) is 42.5 Å². The molecule has 0 atom stereocenters. The number of carbonyl (C=O) groups is 2. The third-order valence-electron chi connectivity index (χ3n) is 6.15. The Bertz CT molecular complexity index is 654. The number of aromatic amines is 1. The summed E-state index contributed by atoms with van der Waals surface area (Å²) >= 11 is 0. The largest absolute Gasteiger partial charge is 0.461 e. The smallest absolute Gasteiger partial charge is 0.355 e. The highest BCUT2D eigenvalue weighted by Crippen LogP contribution is 2.33. The zero-order valence-electron chi connectivity index (χ0n) is 16.4. The molecule has 0 spiro atoms. The number of aryl methyl sites for hydroxylation is 1. The number of nitrogens with zero attached hydrogens (tertiary/aromatic N) is 1. The van der Waals surface area contributed by atoms with Gasteiger partial charge in [-0.2, -0.15) is 0 Å². The minimum atomic E-state index is -0.311. The van der Waals surface area contributed by atoms with Crippen LogP contribution in [-0.2, 0) is 16.1 Å². The zero-order chi connectivity index (χ0) is 18.7. The van der Waals surface area contributed by atoms with Gasteiger partial charge in [-0.25, -0.2) is 4.79 Å². The lowest BCUT2D eigenvalue weighted by atomic mass is 9.83.